The Labute approximate surface area is 105 Å². The van der Waals surface area contributed by atoms with Crippen molar-refractivity contribution < 1.29 is 4.79 Å². The molecule has 0 saturated heterocycles. The highest BCUT2D eigenvalue weighted by Crippen LogP contribution is 2.08. The highest BCUT2D eigenvalue weighted by atomic mass is 79.9. The van der Waals surface area contributed by atoms with E-state index in [0.29, 0.717) is 19.5 Å². The molecule has 0 heterocycles. The van der Waals surface area contributed by atoms with Crippen molar-refractivity contribution >= 4 is 21.8 Å². The van der Waals surface area contributed by atoms with Gasteiger partial charge in [-0.3, -0.25) is 4.79 Å². The van der Waals surface area contributed by atoms with E-state index in [1.54, 1.807) is 0 Å². The van der Waals surface area contributed by atoms with Crippen molar-refractivity contribution in [1.82, 2.24) is 5.32 Å². The van der Waals surface area contributed by atoms with Gasteiger partial charge in [-0.2, -0.15) is 0 Å². The number of benzene rings is 1. The zero-order chi connectivity index (χ0) is 11.8. The number of carbonyl (C=O) groups is 1. The second-order valence-electron chi connectivity index (χ2n) is 3.62. The maximum atomic E-state index is 11.5. The molecule has 0 saturated carbocycles. The van der Waals surface area contributed by atoms with Crippen molar-refractivity contribution in [3.8, 4) is 0 Å². The molecule has 0 bridgehead atoms. The van der Waals surface area contributed by atoms with E-state index in [4.69, 9.17) is 5.73 Å². The topological polar surface area (TPSA) is 55.1 Å². The summed E-state index contributed by atoms with van der Waals surface area (Å²) in [6, 6.07) is 8.02. The number of nitrogens with one attached hydrogen (secondary N) is 1. The van der Waals surface area contributed by atoms with E-state index in [9.17, 15) is 4.79 Å². The van der Waals surface area contributed by atoms with Gasteiger partial charge < -0.3 is 11.1 Å². The van der Waals surface area contributed by atoms with Crippen molar-refractivity contribution in [2.45, 2.75) is 18.2 Å². The van der Waals surface area contributed by atoms with E-state index in [-0.39, 0.29) is 5.91 Å². The molecule has 0 atom stereocenters. The lowest BCUT2D eigenvalue weighted by Gasteiger charge is -2.04. The lowest BCUT2D eigenvalue weighted by Crippen LogP contribution is -2.27. The number of halogens is 1. The number of alkyl halides is 1. The number of hydrogen-bond donors (Lipinski definition) is 2. The molecule has 1 aromatic carbocycles. The fourth-order valence-corrected chi connectivity index (χ4v) is 1.70. The molecule has 0 aliphatic rings. The first-order chi connectivity index (χ1) is 7.76. The summed E-state index contributed by atoms with van der Waals surface area (Å²) in [5, 5.41) is 3.68. The molecule has 0 spiro atoms. The van der Waals surface area contributed by atoms with Crippen molar-refractivity contribution in [1.29, 1.82) is 0 Å². The Morgan fingerprint density at radius 2 is 1.88 bits per heavy atom. The molecule has 3 nitrogen and oxygen atoms in total. The fourth-order valence-electron chi connectivity index (χ4n) is 1.32. The van der Waals surface area contributed by atoms with Gasteiger partial charge in [0, 0.05) is 11.9 Å². The monoisotopic (exact) mass is 284 g/mol. The quantitative estimate of drug-likeness (QED) is 0.616. The number of nitrogens with two attached hydrogens (primary N) is 1. The zero-order valence-electron chi connectivity index (χ0n) is 9.21. The van der Waals surface area contributed by atoms with Gasteiger partial charge in [0.15, 0.2) is 0 Å². The van der Waals surface area contributed by atoms with Gasteiger partial charge >= 0.3 is 0 Å². The maximum absolute atomic E-state index is 11.5. The summed E-state index contributed by atoms with van der Waals surface area (Å²) in [5.41, 5.74) is 7.60. The summed E-state index contributed by atoms with van der Waals surface area (Å²) >= 11 is 3.38. The first-order valence-corrected chi connectivity index (χ1v) is 6.49. The Bertz CT molecular complexity index is 324. The SMILES string of the molecule is NCCCNC(=O)Cc1ccc(CBr)cc1. The minimum atomic E-state index is 0.0556. The fraction of sp³-hybridized carbons (Fsp3) is 0.417. The first-order valence-electron chi connectivity index (χ1n) is 5.37. The molecular formula is C12H17BrN2O. The van der Waals surface area contributed by atoms with Crippen LogP contribution in [-0.4, -0.2) is 19.0 Å². The van der Waals surface area contributed by atoms with Crippen LogP contribution in [0.2, 0.25) is 0 Å². The van der Waals surface area contributed by atoms with Gasteiger partial charge in [0.1, 0.15) is 0 Å². The van der Waals surface area contributed by atoms with Crippen molar-refractivity contribution in [3.63, 3.8) is 0 Å². The number of rotatable bonds is 6. The van der Waals surface area contributed by atoms with Crippen LogP contribution in [0.25, 0.3) is 0 Å². The van der Waals surface area contributed by atoms with Gasteiger partial charge in [-0.05, 0) is 24.1 Å². The molecule has 1 rings (SSSR count). The highest BCUT2D eigenvalue weighted by Gasteiger charge is 2.02. The molecule has 4 heteroatoms. The average Bonchev–Trinajstić information content (AvgIpc) is 2.30. The molecule has 88 valence electrons. The van der Waals surface area contributed by atoms with Crippen LogP contribution in [0.1, 0.15) is 17.5 Å². The second kappa shape index (κ2) is 7.41. The number of hydrogen-bond acceptors (Lipinski definition) is 2. The van der Waals surface area contributed by atoms with Crippen LogP contribution in [0.5, 0.6) is 0 Å². The van der Waals surface area contributed by atoms with Gasteiger partial charge in [0.2, 0.25) is 5.91 Å². The molecule has 1 amide bonds. The van der Waals surface area contributed by atoms with Gasteiger partial charge in [0.25, 0.3) is 0 Å². The third-order valence-corrected chi connectivity index (χ3v) is 2.89. The summed E-state index contributed by atoms with van der Waals surface area (Å²) in [7, 11) is 0. The van der Waals surface area contributed by atoms with E-state index in [1.165, 1.54) is 5.56 Å². The predicted molar refractivity (Wildman–Crippen MR) is 69.5 cm³/mol. The van der Waals surface area contributed by atoms with Crippen LogP contribution in [0.3, 0.4) is 0 Å². The Morgan fingerprint density at radius 3 is 2.44 bits per heavy atom. The van der Waals surface area contributed by atoms with E-state index in [1.807, 2.05) is 24.3 Å². The normalized spacial score (nSPS) is 10.1. The lowest BCUT2D eigenvalue weighted by molar-refractivity contribution is -0.120. The largest absolute Gasteiger partial charge is 0.356 e. The molecule has 0 aliphatic heterocycles. The van der Waals surface area contributed by atoms with Crippen LogP contribution in [0, 0.1) is 0 Å². The van der Waals surface area contributed by atoms with Crippen molar-refractivity contribution in [2.75, 3.05) is 13.1 Å². The molecule has 1 aromatic rings. The van der Waals surface area contributed by atoms with Gasteiger partial charge in [-0.25, -0.2) is 0 Å². The van der Waals surface area contributed by atoms with Gasteiger partial charge in [-0.1, -0.05) is 40.2 Å². The van der Waals surface area contributed by atoms with Crippen LogP contribution < -0.4 is 11.1 Å². The number of carbonyl (C=O) groups excluding carboxylic acids is 1. The van der Waals surface area contributed by atoms with Crippen LogP contribution in [0.4, 0.5) is 0 Å². The Morgan fingerprint density at radius 1 is 1.25 bits per heavy atom. The molecule has 0 aliphatic carbocycles. The van der Waals surface area contributed by atoms with E-state index in [0.717, 1.165) is 17.3 Å². The molecular weight excluding hydrogens is 268 g/mol. The van der Waals surface area contributed by atoms with Crippen LogP contribution in [-0.2, 0) is 16.5 Å². The molecule has 0 fully saturated rings. The molecule has 3 N–H and O–H groups in total. The van der Waals surface area contributed by atoms with E-state index < -0.39 is 0 Å². The Kier molecular flexibility index (Phi) is 6.11. The maximum Gasteiger partial charge on any atom is 0.224 e. The Hall–Kier alpha value is -0.870. The third-order valence-electron chi connectivity index (χ3n) is 2.25. The number of amides is 1. The third kappa shape index (κ3) is 4.77. The average molecular weight is 285 g/mol. The van der Waals surface area contributed by atoms with Crippen molar-refractivity contribution in [3.05, 3.63) is 35.4 Å². The summed E-state index contributed by atoms with van der Waals surface area (Å²) in [4.78, 5) is 11.5. The standard InChI is InChI=1S/C12H17BrN2O/c13-9-11-4-2-10(3-5-11)8-12(16)15-7-1-6-14/h2-5H,1,6-9,14H2,(H,15,16). The lowest BCUT2D eigenvalue weighted by atomic mass is 10.1. The minimum absolute atomic E-state index is 0.0556. The second-order valence-corrected chi connectivity index (χ2v) is 4.18. The minimum Gasteiger partial charge on any atom is -0.356 e. The van der Waals surface area contributed by atoms with Crippen LogP contribution in [0.15, 0.2) is 24.3 Å². The predicted octanol–water partition coefficient (Wildman–Crippen LogP) is 1.59. The van der Waals surface area contributed by atoms with Crippen LogP contribution >= 0.6 is 15.9 Å². The van der Waals surface area contributed by atoms with E-state index in [2.05, 4.69) is 21.2 Å². The highest BCUT2D eigenvalue weighted by molar-refractivity contribution is 9.08. The Balaban J connectivity index is 2.37. The molecule has 16 heavy (non-hydrogen) atoms. The van der Waals surface area contributed by atoms with Gasteiger partial charge in [0.05, 0.1) is 6.42 Å². The summed E-state index contributed by atoms with van der Waals surface area (Å²) in [5.74, 6) is 0.0556. The first kappa shape index (κ1) is 13.2. The molecule has 0 radical (unpaired) electrons. The summed E-state index contributed by atoms with van der Waals surface area (Å²) < 4.78 is 0. The zero-order valence-corrected chi connectivity index (χ0v) is 10.8. The summed E-state index contributed by atoms with van der Waals surface area (Å²) in [6.45, 7) is 1.27. The van der Waals surface area contributed by atoms with Crippen molar-refractivity contribution in [2.24, 2.45) is 5.73 Å². The van der Waals surface area contributed by atoms with Gasteiger partial charge in [-0.15, -0.1) is 0 Å². The molecule has 0 unspecified atom stereocenters. The smallest absolute Gasteiger partial charge is 0.224 e. The summed E-state index contributed by atoms with van der Waals surface area (Å²) in [6.07, 6.45) is 1.27. The molecule has 0 aromatic heterocycles. The van der Waals surface area contributed by atoms with E-state index >= 15 is 0 Å².